The fourth-order valence-corrected chi connectivity index (χ4v) is 2.80. The van der Waals surface area contributed by atoms with Gasteiger partial charge in [-0.15, -0.1) is 0 Å². The van der Waals surface area contributed by atoms with E-state index in [2.05, 4.69) is 23.1 Å². The van der Waals surface area contributed by atoms with Crippen molar-refractivity contribution in [1.29, 1.82) is 0 Å². The summed E-state index contributed by atoms with van der Waals surface area (Å²) >= 11 is 0. The summed E-state index contributed by atoms with van der Waals surface area (Å²) in [6.45, 7) is 2.19. The highest BCUT2D eigenvalue weighted by molar-refractivity contribution is 5.29. The highest BCUT2D eigenvalue weighted by Gasteiger charge is 2.20. The molecule has 2 nitrogen and oxygen atoms in total. The summed E-state index contributed by atoms with van der Waals surface area (Å²) in [5.74, 6) is -0.336. The van der Waals surface area contributed by atoms with Crippen molar-refractivity contribution in [3.05, 3.63) is 71.0 Å². The van der Waals surface area contributed by atoms with Crippen LogP contribution in [0, 0.1) is 5.82 Å². The van der Waals surface area contributed by atoms with Crippen molar-refractivity contribution in [2.75, 3.05) is 13.1 Å². The lowest BCUT2D eigenvalue weighted by Gasteiger charge is -2.30. The standard InChI is InChI=1S/C17H18FNO/c18-16-8-4-3-7-15(16)17(20)12-19-10-9-13-5-1-2-6-14(13)11-19/h1-8,17,20H,9-12H2. The summed E-state index contributed by atoms with van der Waals surface area (Å²) in [4.78, 5) is 2.18. The van der Waals surface area contributed by atoms with E-state index in [9.17, 15) is 9.50 Å². The SMILES string of the molecule is OC(CN1CCc2ccccc2C1)c1ccccc1F. The third-order valence-electron chi connectivity index (χ3n) is 3.91. The van der Waals surface area contributed by atoms with Crippen molar-refractivity contribution < 1.29 is 9.50 Å². The molecule has 1 atom stereocenters. The Hall–Kier alpha value is -1.71. The number of hydrogen-bond acceptors (Lipinski definition) is 2. The van der Waals surface area contributed by atoms with E-state index >= 15 is 0 Å². The van der Waals surface area contributed by atoms with Gasteiger partial charge in [-0.25, -0.2) is 4.39 Å². The molecule has 0 aliphatic carbocycles. The molecule has 0 fully saturated rings. The van der Waals surface area contributed by atoms with E-state index in [0.29, 0.717) is 12.1 Å². The van der Waals surface area contributed by atoms with Gasteiger partial charge in [0.1, 0.15) is 5.82 Å². The van der Waals surface area contributed by atoms with E-state index in [1.165, 1.54) is 17.2 Å². The lowest BCUT2D eigenvalue weighted by atomic mass is 9.99. The third-order valence-corrected chi connectivity index (χ3v) is 3.91. The average molecular weight is 271 g/mol. The summed E-state index contributed by atoms with van der Waals surface area (Å²) < 4.78 is 13.7. The van der Waals surface area contributed by atoms with Crippen LogP contribution in [0.1, 0.15) is 22.8 Å². The molecule has 0 spiro atoms. The Bertz CT molecular complexity index is 599. The molecule has 1 aliphatic heterocycles. The molecule has 2 aromatic carbocycles. The number of fused-ring (bicyclic) bond motifs is 1. The van der Waals surface area contributed by atoms with Crippen molar-refractivity contribution in [2.45, 2.75) is 19.1 Å². The van der Waals surface area contributed by atoms with E-state index in [1.807, 2.05) is 6.07 Å². The highest BCUT2D eigenvalue weighted by atomic mass is 19.1. The Morgan fingerprint density at radius 2 is 1.75 bits per heavy atom. The maximum absolute atomic E-state index is 13.7. The van der Waals surface area contributed by atoms with Crippen LogP contribution in [0.25, 0.3) is 0 Å². The largest absolute Gasteiger partial charge is 0.387 e. The van der Waals surface area contributed by atoms with E-state index in [1.54, 1.807) is 18.2 Å². The molecule has 0 aromatic heterocycles. The van der Waals surface area contributed by atoms with Crippen LogP contribution in [-0.2, 0) is 13.0 Å². The first-order valence-corrected chi connectivity index (χ1v) is 6.95. The molecular weight excluding hydrogens is 253 g/mol. The summed E-state index contributed by atoms with van der Waals surface area (Å²) in [6.07, 6.45) is 0.210. The zero-order valence-corrected chi connectivity index (χ0v) is 11.3. The van der Waals surface area contributed by atoms with Crippen LogP contribution in [0.15, 0.2) is 48.5 Å². The molecule has 0 saturated carbocycles. The molecule has 3 rings (SSSR count). The maximum atomic E-state index is 13.7. The molecule has 0 saturated heterocycles. The van der Waals surface area contributed by atoms with Crippen LogP contribution in [-0.4, -0.2) is 23.1 Å². The van der Waals surface area contributed by atoms with Gasteiger partial charge in [-0.3, -0.25) is 4.90 Å². The Labute approximate surface area is 118 Å². The maximum Gasteiger partial charge on any atom is 0.129 e. The van der Waals surface area contributed by atoms with E-state index in [4.69, 9.17) is 0 Å². The summed E-state index contributed by atoms with van der Waals surface area (Å²) in [5, 5.41) is 10.2. The minimum absolute atomic E-state index is 0.336. The van der Waals surface area contributed by atoms with E-state index < -0.39 is 6.10 Å². The first kappa shape index (κ1) is 13.3. The van der Waals surface area contributed by atoms with Gasteiger partial charge in [0.05, 0.1) is 6.10 Å². The monoisotopic (exact) mass is 271 g/mol. The summed E-state index contributed by atoms with van der Waals surface area (Å²) in [6, 6.07) is 14.8. The molecule has 2 aromatic rings. The quantitative estimate of drug-likeness (QED) is 0.928. The summed E-state index contributed by atoms with van der Waals surface area (Å²) in [7, 11) is 0. The first-order chi connectivity index (χ1) is 9.74. The molecule has 0 bridgehead atoms. The van der Waals surface area contributed by atoms with Gasteiger partial charge < -0.3 is 5.11 Å². The lowest BCUT2D eigenvalue weighted by molar-refractivity contribution is 0.103. The Kier molecular flexibility index (Phi) is 3.81. The number of nitrogens with zero attached hydrogens (tertiary/aromatic N) is 1. The second kappa shape index (κ2) is 5.73. The molecule has 1 unspecified atom stereocenters. The van der Waals surface area contributed by atoms with Crippen LogP contribution < -0.4 is 0 Å². The minimum atomic E-state index is -0.776. The number of halogens is 1. The molecule has 1 N–H and O–H groups in total. The van der Waals surface area contributed by atoms with Gasteiger partial charge in [-0.2, -0.15) is 0 Å². The zero-order chi connectivity index (χ0) is 13.9. The smallest absolute Gasteiger partial charge is 0.129 e. The van der Waals surface area contributed by atoms with Gasteiger partial charge in [0.15, 0.2) is 0 Å². The number of aliphatic hydroxyl groups is 1. The van der Waals surface area contributed by atoms with Crippen LogP contribution in [0.5, 0.6) is 0 Å². The van der Waals surface area contributed by atoms with Crippen molar-refractivity contribution in [1.82, 2.24) is 4.90 Å². The second-order valence-electron chi connectivity index (χ2n) is 5.29. The van der Waals surface area contributed by atoms with Crippen molar-refractivity contribution in [2.24, 2.45) is 0 Å². The summed E-state index contributed by atoms with van der Waals surface area (Å²) in [5.41, 5.74) is 3.06. The van der Waals surface area contributed by atoms with Crippen LogP contribution in [0.2, 0.25) is 0 Å². The van der Waals surface area contributed by atoms with Crippen molar-refractivity contribution in [3.63, 3.8) is 0 Å². The van der Waals surface area contributed by atoms with Crippen LogP contribution >= 0.6 is 0 Å². The molecule has 1 heterocycles. The fraction of sp³-hybridized carbons (Fsp3) is 0.294. The van der Waals surface area contributed by atoms with Gasteiger partial charge in [0, 0.05) is 25.2 Å². The zero-order valence-electron chi connectivity index (χ0n) is 11.3. The lowest BCUT2D eigenvalue weighted by Crippen LogP contribution is -2.34. The van der Waals surface area contributed by atoms with Gasteiger partial charge >= 0.3 is 0 Å². The van der Waals surface area contributed by atoms with Gasteiger partial charge in [-0.1, -0.05) is 42.5 Å². The first-order valence-electron chi connectivity index (χ1n) is 6.95. The van der Waals surface area contributed by atoms with Gasteiger partial charge in [0.2, 0.25) is 0 Å². The fourth-order valence-electron chi connectivity index (χ4n) is 2.80. The average Bonchev–Trinajstić information content (AvgIpc) is 2.47. The molecule has 1 aliphatic rings. The van der Waals surface area contributed by atoms with Crippen LogP contribution in [0.3, 0.4) is 0 Å². The van der Waals surface area contributed by atoms with Crippen molar-refractivity contribution >= 4 is 0 Å². The number of rotatable bonds is 3. The molecule has 0 amide bonds. The Balaban J connectivity index is 1.69. The van der Waals surface area contributed by atoms with E-state index in [0.717, 1.165) is 19.5 Å². The number of aliphatic hydroxyl groups excluding tert-OH is 1. The molecule has 20 heavy (non-hydrogen) atoms. The number of benzene rings is 2. The van der Waals surface area contributed by atoms with E-state index in [-0.39, 0.29) is 5.82 Å². The van der Waals surface area contributed by atoms with Crippen molar-refractivity contribution in [3.8, 4) is 0 Å². The second-order valence-corrected chi connectivity index (χ2v) is 5.29. The number of hydrogen-bond donors (Lipinski definition) is 1. The Morgan fingerprint density at radius 1 is 1.05 bits per heavy atom. The minimum Gasteiger partial charge on any atom is -0.387 e. The molecular formula is C17H18FNO. The Morgan fingerprint density at radius 3 is 2.55 bits per heavy atom. The molecule has 3 heteroatoms. The normalized spacial score (nSPS) is 16.7. The predicted molar refractivity (Wildman–Crippen MR) is 76.8 cm³/mol. The van der Waals surface area contributed by atoms with Gasteiger partial charge in [0.25, 0.3) is 0 Å². The molecule has 0 radical (unpaired) electrons. The molecule has 104 valence electrons. The van der Waals surface area contributed by atoms with Crippen LogP contribution in [0.4, 0.5) is 4.39 Å². The number of β-amino-alcohol motifs (C(OH)–C–C–N with tert-alkyl or cyclic N) is 1. The third kappa shape index (κ3) is 2.74. The predicted octanol–water partition coefficient (Wildman–Crippen LogP) is 2.92. The topological polar surface area (TPSA) is 23.5 Å². The van der Waals surface area contributed by atoms with Gasteiger partial charge in [-0.05, 0) is 23.6 Å². The highest BCUT2D eigenvalue weighted by Crippen LogP contribution is 2.22.